The van der Waals surface area contributed by atoms with Gasteiger partial charge in [0.1, 0.15) is 0 Å². The average Bonchev–Trinajstić information content (AvgIpc) is 2.72. The second-order valence-corrected chi connectivity index (χ2v) is 7.87. The quantitative estimate of drug-likeness (QED) is 0.566. The van der Waals surface area contributed by atoms with Gasteiger partial charge in [-0.05, 0) is 26.0 Å². The number of likely N-dealkylation sites (N-methyl/N-ethyl adjacent to an activating group) is 1. The third kappa shape index (κ3) is 4.99. The Morgan fingerprint density at radius 3 is 2.54 bits per heavy atom. The van der Waals surface area contributed by atoms with Crippen molar-refractivity contribution in [1.29, 1.82) is 0 Å². The van der Waals surface area contributed by atoms with Crippen molar-refractivity contribution in [3.8, 4) is 5.75 Å². The predicted octanol–water partition coefficient (Wildman–Crippen LogP) is 2.04. The highest BCUT2D eigenvalue weighted by atomic mass is 16.6. The predicted molar refractivity (Wildman–Crippen MR) is 106 cm³/mol. The van der Waals surface area contributed by atoms with E-state index >= 15 is 0 Å². The summed E-state index contributed by atoms with van der Waals surface area (Å²) in [6, 6.07) is 6.12. The zero-order valence-electron chi connectivity index (χ0n) is 16.6. The number of amides is 1. The molecule has 1 saturated heterocycles. The molecule has 1 saturated carbocycles. The molecule has 28 heavy (non-hydrogen) atoms. The number of hydrogen-bond acceptors (Lipinski definition) is 6. The van der Waals surface area contributed by atoms with Gasteiger partial charge in [0.05, 0.1) is 4.92 Å². The molecule has 2 aliphatic rings. The number of carbonyl (C=O) groups excluding carboxylic acids is 1. The van der Waals surface area contributed by atoms with Gasteiger partial charge in [0.2, 0.25) is 0 Å². The molecule has 3 rings (SSSR count). The number of nitrogens with zero attached hydrogens (tertiary/aromatic N) is 3. The molecular formula is C20H30N4O4. The first-order valence-corrected chi connectivity index (χ1v) is 10.1. The Morgan fingerprint density at radius 2 is 1.86 bits per heavy atom. The lowest BCUT2D eigenvalue weighted by Gasteiger charge is -2.49. The molecule has 0 bridgehead atoms. The summed E-state index contributed by atoms with van der Waals surface area (Å²) in [6.07, 6.45) is 5.83. The standard InChI is InChI=1S/C20H30N4O4/c1-22-11-13-23(14-12-22)20(9-5-2-6-10-20)16-21-19(25)15-28-18-8-4-3-7-17(18)24(26)27/h3-4,7-8H,2,5-6,9-16H2,1H3,(H,21,25). The van der Waals surface area contributed by atoms with E-state index in [1.54, 1.807) is 12.1 Å². The van der Waals surface area contributed by atoms with E-state index in [1.807, 2.05) is 0 Å². The van der Waals surface area contributed by atoms with Crippen LogP contribution in [0.4, 0.5) is 5.69 Å². The van der Waals surface area contributed by atoms with Gasteiger partial charge in [-0.15, -0.1) is 0 Å². The number of carbonyl (C=O) groups is 1. The highest BCUT2D eigenvalue weighted by Gasteiger charge is 2.39. The van der Waals surface area contributed by atoms with Crippen molar-refractivity contribution in [3.05, 3.63) is 34.4 Å². The third-order valence-corrected chi connectivity index (χ3v) is 5.99. The molecular weight excluding hydrogens is 360 g/mol. The van der Waals surface area contributed by atoms with Gasteiger partial charge in [0.15, 0.2) is 12.4 Å². The van der Waals surface area contributed by atoms with E-state index in [0.717, 1.165) is 39.0 Å². The number of hydrogen-bond donors (Lipinski definition) is 1. The minimum Gasteiger partial charge on any atom is -0.477 e. The van der Waals surface area contributed by atoms with Crippen LogP contribution >= 0.6 is 0 Å². The monoisotopic (exact) mass is 390 g/mol. The summed E-state index contributed by atoms with van der Waals surface area (Å²) in [5, 5.41) is 14.1. The summed E-state index contributed by atoms with van der Waals surface area (Å²) in [4.78, 5) is 27.8. The van der Waals surface area contributed by atoms with Crippen molar-refractivity contribution in [2.24, 2.45) is 0 Å². The average molecular weight is 390 g/mol. The number of para-hydroxylation sites is 2. The van der Waals surface area contributed by atoms with Crippen molar-refractivity contribution in [3.63, 3.8) is 0 Å². The highest BCUT2D eigenvalue weighted by Crippen LogP contribution is 2.34. The van der Waals surface area contributed by atoms with Crippen LogP contribution in [0.15, 0.2) is 24.3 Å². The minimum atomic E-state index is -0.502. The minimum absolute atomic E-state index is 0.0217. The van der Waals surface area contributed by atoms with Crippen LogP contribution in [0.3, 0.4) is 0 Å². The van der Waals surface area contributed by atoms with Crippen molar-refractivity contribution in [2.75, 3.05) is 46.4 Å². The number of rotatable bonds is 7. The first kappa shape index (κ1) is 20.5. The summed E-state index contributed by atoms with van der Waals surface area (Å²) in [7, 11) is 2.15. The van der Waals surface area contributed by atoms with Gasteiger partial charge in [-0.3, -0.25) is 19.8 Å². The molecule has 8 heteroatoms. The van der Waals surface area contributed by atoms with E-state index in [0.29, 0.717) is 6.54 Å². The molecule has 0 unspecified atom stereocenters. The molecule has 0 radical (unpaired) electrons. The fourth-order valence-electron chi connectivity index (χ4n) is 4.28. The fraction of sp³-hybridized carbons (Fsp3) is 0.650. The van der Waals surface area contributed by atoms with E-state index in [9.17, 15) is 14.9 Å². The summed E-state index contributed by atoms with van der Waals surface area (Å²) in [6.45, 7) is 4.55. The Morgan fingerprint density at radius 1 is 1.18 bits per heavy atom. The van der Waals surface area contributed by atoms with Crippen molar-refractivity contribution >= 4 is 11.6 Å². The van der Waals surface area contributed by atoms with Crippen molar-refractivity contribution in [1.82, 2.24) is 15.1 Å². The molecule has 0 aromatic heterocycles. The fourth-order valence-corrected chi connectivity index (χ4v) is 4.28. The van der Waals surface area contributed by atoms with Crippen LogP contribution in [0.5, 0.6) is 5.75 Å². The van der Waals surface area contributed by atoms with Crippen LogP contribution in [0, 0.1) is 10.1 Å². The van der Waals surface area contributed by atoms with E-state index in [4.69, 9.17) is 4.74 Å². The Labute approximate surface area is 166 Å². The third-order valence-electron chi connectivity index (χ3n) is 5.99. The van der Waals surface area contributed by atoms with Crippen molar-refractivity contribution in [2.45, 2.75) is 37.6 Å². The molecule has 154 valence electrons. The van der Waals surface area contributed by atoms with Crippen LogP contribution in [0.25, 0.3) is 0 Å². The second-order valence-electron chi connectivity index (χ2n) is 7.87. The van der Waals surface area contributed by atoms with Crippen LogP contribution < -0.4 is 10.1 Å². The van der Waals surface area contributed by atoms with Crippen LogP contribution in [-0.2, 0) is 4.79 Å². The van der Waals surface area contributed by atoms with Gasteiger partial charge in [-0.25, -0.2) is 0 Å². The first-order valence-electron chi connectivity index (χ1n) is 10.1. The SMILES string of the molecule is CN1CCN(C2(CNC(=O)COc3ccccc3[N+](=O)[O-])CCCCC2)CC1. The maximum absolute atomic E-state index is 12.4. The Bertz CT molecular complexity index is 683. The molecule has 1 N–H and O–H groups in total. The number of nitro groups is 1. The molecule has 1 aliphatic carbocycles. The zero-order chi connectivity index (χ0) is 20.0. The number of piperazine rings is 1. The first-order chi connectivity index (χ1) is 13.5. The largest absolute Gasteiger partial charge is 0.477 e. The lowest BCUT2D eigenvalue weighted by molar-refractivity contribution is -0.385. The topological polar surface area (TPSA) is 88.0 Å². The number of nitrogens with one attached hydrogen (secondary N) is 1. The number of benzene rings is 1. The summed E-state index contributed by atoms with van der Waals surface area (Å²) in [5.41, 5.74) is -0.107. The molecule has 0 atom stereocenters. The van der Waals surface area contributed by atoms with Gasteiger partial charge < -0.3 is 15.0 Å². The van der Waals surface area contributed by atoms with E-state index in [1.165, 1.54) is 31.4 Å². The second kappa shape index (κ2) is 9.34. The Balaban J connectivity index is 1.56. The van der Waals surface area contributed by atoms with Gasteiger partial charge in [-0.2, -0.15) is 0 Å². The normalized spacial score (nSPS) is 20.5. The molecule has 1 aromatic carbocycles. The number of nitro benzene ring substituents is 1. The van der Waals surface area contributed by atoms with Gasteiger partial charge >= 0.3 is 5.69 Å². The van der Waals surface area contributed by atoms with Crippen molar-refractivity contribution < 1.29 is 14.5 Å². The summed E-state index contributed by atoms with van der Waals surface area (Å²) in [5.74, 6) is -0.119. The molecule has 2 fully saturated rings. The van der Waals surface area contributed by atoms with Crippen LogP contribution in [0.2, 0.25) is 0 Å². The van der Waals surface area contributed by atoms with Gasteiger partial charge in [0.25, 0.3) is 5.91 Å². The molecule has 1 heterocycles. The molecule has 1 amide bonds. The lowest BCUT2D eigenvalue weighted by Crippen LogP contribution is -2.61. The summed E-state index contributed by atoms with van der Waals surface area (Å²) >= 11 is 0. The molecule has 1 aromatic rings. The van der Waals surface area contributed by atoms with Crippen LogP contribution in [-0.4, -0.2) is 72.5 Å². The highest BCUT2D eigenvalue weighted by molar-refractivity contribution is 5.77. The molecule has 0 spiro atoms. The lowest BCUT2D eigenvalue weighted by atomic mass is 9.79. The maximum Gasteiger partial charge on any atom is 0.310 e. The van der Waals surface area contributed by atoms with Gasteiger partial charge in [0, 0.05) is 44.3 Å². The maximum atomic E-state index is 12.4. The molecule has 1 aliphatic heterocycles. The van der Waals surface area contributed by atoms with Gasteiger partial charge in [-0.1, -0.05) is 31.4 Å². The molecule has 8 nitrogen and oxygen atoms in total. The van der Waals surface area contributed by atoms with E-state index in [2.05, 4.69) is 22.2 Å². The summed E-state index contributed by atoms with van der Waals surface area (Å²) < 4.78 is 5.42. The van der Waals surface area contributed by atoms with E-state index < -0.39 is 4.92 Å². The number of ether oxygens (including phenoxy) is 1. The van der Waals surface area contributed by atoms with E-state index in [-0.39, 0.29) is 29.5 Å². The Hall–Kier alpha value is -2.19. The Kier molecular flexibility index (Phi) is 6.85. The smallest absolute Gasteiger partial charge is 0.310 e. The zero-order valence-corrected chi connectivity index (χ0v) is 16.6. The van der Waals surface area contributed by atoms with Crippen LogP contribution in [0.1, 0.15) is 32.1 Å².